The number of ether oxygens (including phenoxy) is 1. The summed E-state index contributed by atoms with van der Waals surface area (Å²) in [6.45, 7) is 1.35. The maximum atomic E-state index is 12.4. The minimum atomic E-state index is -4.41. The van der Waals surface area contributed by atoms with Crippen LogP contribution in [0.5, 0.6) is 5.88 Å². The molecule has 1 N–H and O–H groups in total. The summed E-state index contributed by atoms with van der Waals surface area (Å²) in [7, 11) is 3.49. The molecule has 0 aliphatic carbocycles. The zero-order chi connectivity index (χ0) is 19.2. The van der Waals surface area contributed by atoms with Crippen molar-refractivity contribution >= 4 is 41.3 Å². The molecule has 2 rings (SSSR count). The van der Waals surface area contributed by atoms with E-state index >= 15 is 0 Å². The highest BCUT2D eigenvalue weighted by molar-refractivity contribution is 14.0. The fourth-order valence-electron chi connectivity index (χ4n) is 2.20. The monoisotopic (exact) mass is 515 g/mol. The average Bonchev–Trinajstić information content (AvgIpc) is 2.98. The highest BCUT2D eigenvalue weighted by Gasteiger charge is 2.29. The number of thiazole rings is 1. The molecule has 0 unspecified atom stereocenters. The van der Waals surface area contributed by atoms with Gasteiger partial charge in [-0.25, -0.2) is 9.97 Å². The molecule has 0 aromatic carbocycles. The number of hydrogen-bond acceptors (Lipinski definition) is 5. The minimum Gasteiger partial charge on any atom is -0.468 e. The van der Waals surface area contributed by atoms with Gasteiger partial charge in [0.05, 0.1) is 17.2 Å². The number of aliphatic imine (C=N–C) groups is 1. The first-order valence-corrected chi connectivity index (χ1v) is 8.62. The molecule has 0 saturated carbocycles. The molecule has 0 aliphatic rings. The van der Waals surface area contributed by atoms with Gasteiger partial charge < -0.3 is 15.0 Å². The predicted octanol–water partition coefficient (Wildman–Crippen LogP) is 3.61. The fourth-order valence-corrected chi connectivity index (χ4v) is 2.80. The van der Waals surface area contributed by atoms with E-state index in [4.69, 9.17) is 4.74 Å². The van der Waals surface area contributed by atoms with E-state index in [1.54, 1.807) is 30.5 Å². The van der Waals surface area contributed by atoms with Gasteiger partial charge in [-0.3, -0.25) is 4.99 Å². The van der Waals surface area contributed by atoms with Gasteiger partial charge in [0.1, 0.15) is 0 Å². The van der Waals surface area contributed by atoms with Crippen molar-refractivity contribution in [3.8, 4) is 5.88 Å². The van der Waals surface area contributed by atoms with Crippen LogP contribution in [0.3, 0.4) is 0 Å². The number of aromatic nitrogens is 2. The van der Waals surface area contributed by atoms with Gasteiger partial charge in [0.25, 0.3) is 0 Å². The first kappa shape index (κ1) is 23.4. The van der Waals surface area contributed by atoms with Crippen molar-refractivity contribution < 1.29 is 17.9 Å². The van der Waals surface area contributed by atoms with Crippen LogP contribution in [0.25, 0.3) is 0 Å². The molecule has 0 bridgehead atoms. The van der Waals surface area contributed by atoms with E-state index in [2.05, 4.69) is 20.3 Å². The van der Waals surface area contributed by atoms with Gasteiger partial charge in [0.15, 0.2) is 12.6 Å². The molecule has 0 atom stereocenters. The summed E-state index contributed by atoms with van der Waals surface area (Å²) in [4.78, 5) is 14.3. The molecule has 0 aliphatic heterocycles. The highest BCUT2D eigenvalue weighted by Crippen LogP contribution is 2.20. The van der Waals surface area contributed by atoms with E-state index in [9.17, 15) is 13.2 Å². The lowest BCUT2D eigenvalue weighted by Gasteiger charge is -2.21. The van der Waals surface area contributed by atoms with Crippen LogP contribution in [-0.2, 0) is 13.1 Å². The number of pyridine rings is 1. The summed E-state index contributed by atoms with van der Waals surface area (Å²) in [6.07, 6.45) is -3.02. The molecule has 6 nitrogen and oxygen atoms in total. The molecule has 2 aromatic heterocycles. The largest absolute Gasteiger partial charge is 0.468 e. The van der Waals surface area contributed by atoms with Crippen LogP contribution in [0.2, 0.25) is 0 Å². The molecule has 11 heteroatoms. The number of nitrogens with one attached hydrogen (secondary N) is 1. The molecular formula is C16H21F3IN5OS. The fraction of sp³-hybridized carbons (Fsp3) is 0.438. The van der Waals surface area contributed by atoms with Crippen LogP contribution in [0.15, 0.2) is 28.7 Å². The summed E-state index contributed by atoms with van der Waals surface area (Å²) in [5.74, 6) is 0.534. The lowest BCUT2D eigenvalue weighted by Crippen LogP contribution is -2.38. The maximum absolute atomic E-state index is 12.4. The highest BCUT2D eigenvalue weighted by atomic mass is 127. The zero-order valence-electron chi connectivity index (χ0n) is 15.1. The van der Waals surface area contributed by atoms with Gasteiger partial charge in [0.2, 0.25) is 5.88 Å². The smallest absolute Gasteiger partial charge is 0.422 e. The van der Waals surface area contributed by atoms with Crippen molar-refractivity contribution in [3.63, 3.8) is 0 Å². The molecule has 27 heavy (non-hydrogen) atoms. The zero-order valence-corrected chi connectivity index (χ0v) is 18.2. The molecule has 0 saturated heterocycles. The second kappa shape index (κ2) is 10.6. The summed E-state index contributed by atoms with van der Waals surface area (Å²) in [5, 5.41) is 6.06. The normalized spacial score (nSPS) is 11.7. The Labute approximate surface area is 176 Å². The third-order valence-corrected chi connectivity index (χ3v) is 4.12. The number of alkyl halides is 3. The number of hydrogen-bond donors (Lipinski definition) is 1. The van der Waals surface area contributed by atoms with Crippen molar-refractivity contribution in [1.29, 1.82) is 0 Å². The van der Waals surface area contributed by atoms with Crippen molar-refractivity contribution in [1.82, 2.24) is 20.2 Å². The molecule has 2 heterocycles. The number of guanidine groups is 1. The van der Waals surface area contributed by atoms with Gasteiger partial charge in [-0.2, -0.15) is 13.2 Å². The van der Waals surface area contributed by atoms with E-state index < -0.39 is 12.8 Å². The Morgan fingerprint density at radius 1 is 1.41 bits per heavy atom. The van der Waals surface area contributed by atoms with Crippen LogP contribution >= 0.6 is 35.3 Å². The van der Waals surface area contributed by atoms with Gasteiger partial charge in [-0.1, -0.05) is 6.07 Å². The van der Waals surface area contributed by atoms with Crippen LogP contribution in [0.4, 0.5) is 13.2 Å². The van der Waals surface area contributed by atoms with Crippen LogP contribution < -0.4 is 10.1 Å². The number of halogens is 4. The number of nitrogens with zero attached hydrogens (tertiary/aromatic N) is 4. The topological polar surface area (TPSA) is 62.6 Å². The van der Waals surface area contributed by atoms with Crippen LogP contribution in [0, 0.1) is 6.92 Å². The van der Waals surface area contributed by atoms with E-state index in [1.165, 1.54) is 6.20 Å². The lowest BCUT2D eigenvalue weighted by molar-refractivity contribution is -0.154. The first-order chi connectivity index (χ1) is 12.3. The lowest BCUT2D eigenvalue weighted by atomic mass is 10.2. The molecule has 0 spiro atoms. The van der Waals surface area contributed by atoms with E-state index in [-0.39, 0.29) is 36.4 Å². The summed E-state index contributed by atoms with van der Waals surface area (Å²) >= 11 is 1.57. The van der Waals surface area contributed by atoms with Gasteiger partial charge >= 0.3 is 6.18 Å². The Morgan fingerprint density at radius 2 is 2.15 bits per heavy atom. The quantitative estimate of drug-likeness (QED) is 0.362. The first-order valence-electron chi connectivity index (χ1n) is 7.74. The second-order valence-electron chi connectivity index (χ2n) is 5.49. The standard InChI is InChI=1S/C16H20F3N5OS.HI/c1-11-23-13(9-26-11)8-24(3)15(20-2)22-7-12-5-4-6-21-14(12)25-10-16(17,18)19;/h4-6,9H,7-8,10H2,1-3H3,(H,20,22);1H. The SMILES string of the molecule is CN=C(NCc1cccnc1OCC(F)(F)F)N(C)Cc1csc(C)n1.I. The van der Waals surface area contributed by atoms with Crippen molar-refractivity contribution in [2.75, 3.05) is 20.7 Å². The molecule has 0 radical (unpaired) electrons. The Hall–Kier alpha value is -1.63. The maximum Gasteiger partial charge on any atom is 0.422 e. The average molecular weight is 515 g/mol. The summed E-state index contributed by atoms with van der Waals surface area (Å²) in [5.41, 5.74) is 1.43. The van der Waals surface area contributed by atoms with Crippen molar-refractivity contribution in [3.05, 3.63) is 40.0 Å². The summed E-state index contributed by atoms with van der Waals surface area (Å²) < 4.78 is 41.9. The number of aryl methyl sites for hydroxylation is 1. The third kappa shape index (κ3) is 7.87. The van der Waals surface area contributed by atoms with Gasteiger partial charge in [0, 0.05) is 37.8 Å². The number of rotatable bonds is 6. The second-order valence-corrected chi connectivity index (χ2v) is 6.55. The predicted molar refractivity (Wildman–Crippen MR) is 110 cm³/mol. The van der Waals surface area contributed by atoms with Gasteiger partial charge in [-0.05, 0) is 13.0 Å². The van der Waals surface area contributed by atoms with Crippen LogP contribution in [0.1, 0.15) is 16.3 Å². The Kier molecular flexibility index (Phi) is 9.22. The molecular weight excluding hydrogens is 494 g/mol. The molecule has 0 amide bonds. The van der Waals surface area contributed by atoms with Crippen molar-refractivity contribution in [2.24, 2.45) is 4.99 Å². The Bertz CT molecular complexity index is 754. The molecule has 150 valence electrons. The van der Waals surface area contributed by atoms with E-state index in [0.29, 0.717) is 18.1 Å². The third-order valence-electron chi connectivity index (χ3n) is 3.30. The van der Waals surface area contributed by atoms with Crippen molar-refractivity contribution in [2.45, 2.75) is 26.2 Å². The minimum absolute atomic E-state index is 0. The molecule has 2 aromatic rings. The van der Waals surface area contributed by atoms with E-state index in [1.807, 2.05) is 24.3 Å². The van der Waals surface area contributed by atoms with E-state index in [0.717, 1.165) is 10.7 Å². The molecule has 0 fully saturated rings. The Balaban J connectivity index is 0.00000364. The summed E-state index contributed by atoms with van der Waals surface area (Å²) in [6, 6.07) is 3.30. The van der Waals surface area contributed by atoms with Gasteiger partial charge in [-0.15, -0.1) is 35.3 Å². The Morgan fingerprint density at radius 3 is 2.74 bits per heavy atom. The van der Waals surface area contributed by atoms with Crippen LogP contribution in [-0.4, -0.2) is 47.7 Å².